The minimum atomic E-state index is 0. The van der Waals surface area contributed by atoms with Crippen molar-refractivity contribution in [1.29, 1.82) is 0 Å². The average Bonchev–Trinajstić information content (AvgIpc) is 1.91. The molecular weight excluding hydrogens is 159 g/mol. The van der Waals surface area contributed by atoms with E-state index in [2.05, 4.69) is 16.4 Å². The van der Waals surface area contributed by atoms with Crippen LogP contribution in [0.25, 0.3) is 0 Å². The first-order valence-electron chi connectivity index (χ1n) is 2.71. The molecule has 0 aromatic heterocycles. The molecule has 0 fully saturated rings. The first kappa shape index (κ1) is 22.6. The van der Waals surface area contributed by atoms with Crippen LogP contribution >= 0.6 is 0 Å². The molecule has 5 heteroatoms. The van der Waals surface area contributed by atoms with E-state index in [1.165, 1.54) is 0 Å². The van der Waals surface area contributed by atoms with E-state index in [0.717, 1.165) is 0 Å². The Balaban J connectivity index is -0.0000000383. The van der Waals surface area contributed by atoms with Crippen molar-refractivity contribution in [2.24, 2.45) is 0 Å². The molecule has 0 atom stereocenters. The van der Waals surface area contributed by atoms with Gasteiger partial charge in [0.1, 0.15) is 0 Å². The van der Waals surface area contributed by atoms with Gasteiger partial charge in [0.05, 0.1) is 13.2 Å². The minimum absolute atomic E-state index is 0. The monoisotopic (exact) mass is 175 g/mol. The van der Waals surface area contributed by atoms with E-state index in [4.69, 9.17) is 5.11 Å². The molecule has 0 aliphatic heterocycles. The Kier molecular flexibility index (Phi) is 63.3. The van der Waals surface area contributed by atoms with Gasteiger partial charge in [0.15, 0.2) is 0 Å². The number of rotatable bonds is 3. The molecule has 0 bridgehead atoms. The summed E-state index contributed by atoms with van der Waals surface area (Å²) in [6.45, 7) is 4.52. The average molecular weight is 175 g/mol. The Bertz CT molecular complexity index is 33.8. The zero-order chi connectivity index (χ0) is 7.54. The van der Waals surface area contributed by atoms with E-state index < -0.39 is 0 Å². The van der Waals surface area contributed by atoms with Gasteiger partial charge in [-0.1, -0.05) is 6.61 Å². The molecule has 0 saturated carbocycles. The molecule has 0 saturated heterocycles. The Hall–Kier alpha value is 0.840. The van der Waals surface area contributed by atoms with Crippen LogP contribution in [0.1, 0.15) is 0 Å². The van der Waals surface area contributed by atoms with Crippen molar-refractivity contribution < 1.29 is 49.6 Å². The number of methoxy groups -OCH3 is 2. The zero-order valence-electron chi connectivity index (χ0n) is 7.54. The second-order valence-electron chi connectivity index (χ2n) is 1.21. The fourth-order valence-corrected chi connectivity index (χ4v) is 0.0913. The quantitative estimate of drug-likeness (QED) is 0.365. The summed E-state index contributed by atoms with van der Waals surface area (Å²) in [6, 6.07) is 0. The van der Waals surface area contributed by atoms with E-state index in [1.807, 2.05) is 0 Å². The molecule has 0 amide bonds. The first-order valence-corrected chi connectivity index (χ1v) is 2.71. The molecule has 2 N–H and O–H groups in total. The maximum Gasteiger partial charge on any atom is 1.00 e. The molecule has 66 valence electrons. The van der Waals surface area contributed by atoms with Gasteiger partial charge in [-0.3, -0.25) is 0 Å². The van der Waals surface area contributed by atoms with Gasteiger partial charge < -0.3 is 27.0 Å². The summed E-state index contributed by atoms with van der Waals surface area (Å²) in [5.41, 5.74) is 0. The van der Waals surface area contributed by atoms with Gasteiger partial charge in [0.2, 0.25) is 0 Å². The van der Waals surface area contributed by atoms with Crippen molar-refractivity contribution in [2.45, 2.75) is 0 Å². The third kappa shape index (κ3) is 57.4. The summed E-state index contributed by atoms with van der Waals surface area (Å²) in [6.07, 6.45) is 0. The predicted octanol–water partition coefficient (Wildman–Crippen LogP) is -3.08. The van der Waals surface area contributed by atoms with Crippen LogP contribution in [-0.4, -0.2) is 44.6 Å². The van der Waals surface area contributed by atoms with Crippen LogP contribution in [0.3, 0.4) is 0 Å². The SMILES string of the molecule is COCCO.[CH2-]COC.[Na+].[OH-]. The maximum absolute atomic E-state index is 7.94. The van der Waals surface area contributed by atoms with Gasteiger partial charge in [-0.25, -0.2) is 0 Å². The van der Waals surface area contributed by atoms with Crippen LogP contribution in [0, 0.1) is 6.92 Å². The van der Waals surface area contributed by atoms with Crippen LogP contribution in [-0.2, 0) is 9.47 Å². The second-order valence-corrected chi connectivity index (χ2v) is 1.21. The first-order chi connectivity index (χ1) is 4.33. The van der Waals surface area contributed by atoms with Crippen LogP contribution in [0.15, 0.2) is 0 Å². The molecule has 0 unspecified atom stereocenters. The van der Waals surface area contributed by atoms with Crippen molar-refractivity contribution >= 4 is 0 Å². The molecule has 0 aliphatic rings. The number of hydrogen-bond acceptors (Lipinski definition) is 4. The zero-order valence-corrected chi connectivity index (χ0v) is 9.54. The third-order valence-corrected chi connectivity index (χ3v) is 0.500. The van der Waals surface area contributed by atoms with Crippen molar-refractivity contribution in [2.75, 3.05) is 34.0 Å². The summed E-state index contributed by atoms with van der Waals surface area (Å²) in [4.78, 5) is 0. The smallest absolute Gasteiger partial charge is 0.870 e. The van der Waals surface area contributed by atoms with Gasteiger partial charge in [0, 0.05) is 14.2 Å². The van der Waals surface area contributed by atoms with Crippen LogP contribution < -0.4 is 29.6 Å². The Morgan fingerprint density at radius 1 is 1.27 bits per heavy atom. The van der Waals surface area contributed by atoms with Gasteiger partial charge >= 0.3 is 29.6 Å². The summed E-state index contributed by atoms with van der Waals surface area (Å²) in [5.74, 6) is 0. The number of hydrogen-bond donors (Lipinski definition) is 1. The fourth-order valence-electron chi connectivity index (χ4n) is 0.0913. The maximum atomic E-state index is 7.94. The molecule has 4 nitrogen and oxygen atoms in total. The largest absolute Gasteiger partial charge is 1.00 e. The number of ether oxygens (including phenoxy) is 2. The van der Waals surface area contributed by atoms with Gasteiger partial charge in [-0.2, -0.15) is 0 Å². The number of aliphatic hydroxyl groups is 1. The van der Waals surface area contributed by atoms with Crippen molar-refractivity contribution in [1.82, 2.24) is 0 Å². The van der Waals surface area contributed by atoms with Crippen LogP contribution in [0.5, 0.6) is 0 Å². The molecule has 0 rings (SSSR count). The standard InChI is InChI=1S/C3H8O2.C3H7O.Na.H2O/c1-5-3-2-4;1-3-4-2;;/h4H,2-3H2,1H3;1,3H2,2H3;;1H2/q;-1;+1;/p-1. The summed E-state index contributed by atoms with van der Waals surface area (Å²) < 4.78 is 8.87. The summed E-state index contributed by atoms with van der Waals surface area (Å²) in [7, 11) is 3.17. The molecule has 0 aliphatic carbocycles. The molecule has 0 radical (unpaired) electrons. The Labute approximate surface area is 90.5 Å². The third-order valence-electron chi connectivity index (χ3n) is 0.500. The van der Waals surface area contributed by atoms with E-state index in [9.17, 15) is 0 Å². The fraction of sp³-hybridized carbons (Fsp3) is 0.833. The van der Waals surface area contributed by atoms with E-state index in [1.54, 1.807) is 14.2 Å². The normalized spacial score (nSPS) is 6.55. The van der Waals surface area contributed by atoms with Crippen LogP contribution in [0.4, 0.5) is 0 Å². The minimum Gasteiger partial charge on any atom is -0.870 e. The van der Waals surface area contributed by atoms with E-state index >= 15 is 0 Å². The van der Waals surface area contributed by atoms with E-state index in [-0.39, 0.29) is 41.6 Å². The molecular formula is C6H16NaO4-. The van der Waals surface area contributed by atoms with Crippen molar-refractivity contribution in [3.8, 4) is 0 Å². The van der Waals surface area contributed by atoms with Crippen LogP contribution in [0.2, 0.25) is 0 Å². The molecule has 0 aromatic rings. The topological polar surface area (TPSA) is 68.7 Å². The van der Waals surface area contributed by atoms with Gasteiger partial charge in [-0.05, 0) is 0 Å². The summed E-state index contributed by atoms with van der Waals surface area (Å²) in [5, 5.41) is 7.94. The van der Waals surface area contributed by atoms with Crippen molar-refractivity contribution in [3.63, 3.8) is 0 Å². The Morgan fingerprint density at radius 3 is 1.64 bits per heavy atom. The Morgan fingerprint density at radius 2 is 1.64 bits per heavy atom. The molecule has 11 heavy (non-hydrogen) atoms. The van der Waals surface area contributed by atoms with Gasteiger partial charge in [-0.15, -0.1) is 0 Å². The summed E-state index contributed by atoms with van der Waals surface area (Å²) >= 11 is 0. The molecule has 0 aromatic carbocycles. The van der Waals surface area contributed by atoms with E-state index in [0.29, 0.717) is 13.2 Å². The predicted molar refractivity (Wildman–Crippen MR) is 38.1 cm³/mol. The van der Waals surface area contributed by atoms with Gasteiger partial charge in [0.25, 0.3) is 0 Å². The number of aliphatic hydroxyl groups excluding tert-OH is 1. The second kappa shape index (κ2) is 30.8. The molecule has 0 heterocycles. The molecule has 0 spiro atoms. The van der Waals surface area contributed by atoms with Crippen molar-refractivity contribution in [3.05, 3.63) is 6.92 Å².